The number of fused-ring (bicyclic) bond motifs is 1. The van der Waals surface area contributed by atoms with E-state index in [9.17, 15) is 0 Å². The highest BCUT2D eigenvalue weighted by Gasteiger charge is 2.26. The molecule has 2 unspecified atom stereocenters. The number of methoxy groups -OCH3 is 1. The van der Waals surface area contributed by atoms with Gasteiger partial charge < -0.3 is 15.0 Å². The predicted octanol–water partition coefficient (Wildman–Crippen LogP) is 3.96. The molecule has 1 aromatic carbocycles. The van der Waals surface area contributed by atoms with Gasteiger partial charge in [-0.25, -0.2) is 4.98 Å². The number of nitrogens with zero attached hydrogens (tertiary/aromatic N) is 2. The molecule has 6 heteroatoms. The van der Waals surface area contributed by atoms with Crippen molar-refractivity contribution in [1.82, 2.24) is 10.3 Å². The summed E-state index contributed by atoms with van der Waals surface area (Å²) in [5.74, 6) is 3.76. The fourth-order valence-electron chi connectivity index (χ4n) is 3.86. The maximum Gasteiger partial charge on any atom is 0.171 e. The van der Waals surface area contributed by atoms with E-state index in [1.54, 1.807) is 12.7 Å². The fraction of sp³-hybridized carbons (Fsp3) is 0.450. The highest BCUT2D eigenvalue weighted by atomic mass is 35.5. The lowest BCUT2D eigenvalue weighted by molar-refractivity contribution is 0.394. The quantitative estimate of drug-likeness (QED) is 0.834. The second kappa shape index (κ2) is 8.98. The normalized spacial score (nSPS) is 21.8. The van der Waals surface area contributed by atoms with Crippen LogP contribution in [0.3, 0.4) is 0 Å². The number of nitrogens with one attached hydrogen (secondary N) is 1. The summed E-state index contributed by atoms with van der Waals surface area (Å²) in [5.41, 5.74) is 1.55. The van der Waals surface area contributed by atoms with Crippen molar-refractivity contribution in [3.05, 3.63) is 48.2 Å². The lowest BCUT2D eigenvalue weighted by Crippen LogP contribution is -2.51. The molecule has 0 aliphatic carbocycles. The number of piperazine rings is 1. The fourth-order valence-corrected chi connectivity index (χ4v) is 5.16. The second-order valence-electron chi connectivity index (χ2n) is 6.75. The molecule has 1 N–H and O–H groups in total. The van der Waals surface area contributed by atoms with Gasteiger partial charge >= 0.3 is 0 Å². The average molecular weight is 392 g/mol. The highest BCUT2D eigenvalue weighted by molar-refractivity contribution is 7.99. The van der Waals surface area contributed by atoms with Gasteiger partial charge in [-0.05, 0) is 42.5 Å². The van der Waals surface area contributed by atoms with Crippen molar-refractivity contribution >= 4 is 30.0 Å². The Balaban J connectivity index is 0.00000196. The Morgan fingerprint density at radius 1 is 1.23 bits per heavy atom. The molecule has 0 saturated carbocycles. The maximum absolute atomic E-state index is 5.49. The van der Waals surface area contributed by atoms with Crippen LogP contribution in [0.2, 0.25) is 0 Å². The molecule has 0 radical (unpaired) electrons. The van der Waals surface area contributed by atoms with E-state index in [-0.39, 0.29) is 12.4 Å². The molecule has 1 saturated heterocycles. The molecule has 2 aromatic rings. The van der Waals surface area contributed by atoms with Crippen LogP contribution in [0.25, 0.3) is 0 Å². The largest absolute Gasteiger partial charge is 0.493 e. The van der Waals surface area contributed by atoms with Crippen LogP contribution in [0.5, 0.6) is 5.75 Å². The minimum absolute atomic E-state index is 0. The zero-order valence-corrected chi connectivity index (χ0v) is 16.7. The van der Waals surface area contributed by atoms with Gasteiger partial charge in [0.15, 0.2) is 11.6 Å². The van der Waals surface area contributed by atoms with Gasteiger partial charge in [-0.2, -0.15) is 0 Å². The number of aromatic nitrogens is 1. The maximum atomic E-state index is 5.49. The van der Waals surface area contributed by atoms with Crippen molar-refractivity contribution in [2.75, 3.05) is 37.4 Å². The van der Waals surface area contributed by atoms with Gasteiger partial charge in [0.05, 0.1) is 7.11 Å². The van der Waals surface area contributed by atoms with Crippen molar-refractivity contribution in [2.24, 2.45) is 0 Å². The van der Waals surface area contributed by atoms with E-state index in [0.29, 0.717) is 12.0 Å². The van der Waals surface area contributed by atoms with Crippen molar-refractivity contribution in [3.8, 4) is 5.75 Å². The monoisotopic (exact) mass is 391 g/mol. The molecule has 2 aliphatic heterocycles. The zero-order valence-electron chi connectivity index (χ0n) is 15.1. The molecule has 26 heavy (non-hydrogen) atoms. The summed E-state index contributed by atoms with van der Waals surface area (Å²) >= 11 is 2.01. The standard InChI is InChI=1S/C20H25N3OS.ClH/c1-24-18-6-4-10-22-20(18)23-12-11-21-16(13-23)9-8-15-14-25-19-7-3-2-5-17(15)19;/h2-7,10,15-16,21H,8-9,11-14H2,1H3;1H. The molecule has 4 nitrogen and oxygen atoms in total. The number of benzene rings is 1. The first-order valence-electron chi connectivity index (χ1n) is 9.04. The SMILES string of the molecule is COc1cccnc1N1CCNC(CCC2CSc3ccccc32)C1.Cl. The number of halogens is 1. The number of hydrogen-bond acceptors (Lipinski definition) is 5. The summed E-state index contributed by atoms with van der Waals surface area (Å²) in [7, 11) is 1.72. The van der Waals surface area contributed by atoms with E-state index >= 15 is 0 Å². The molecule has 0 spiro atoms. The lowest BCUT2D eigenvalue weighted by atomic mass is 9.93. The van der Waals surface area contributed by atoms with E-state index in [4.69, 9.17) is 4.74 Å². The Labute approximate surface area is 166 Å². The number of rotatable bonds is 5. The topological polar surface area (TPSA) is 37.4 Å². The van der Waals surface area contributed by atoms with E-state index in [1.807, 2.05) is 30.1 Å². The smallest absolute Gasteiger partial charge is 0.171 e. The highest BCUT2D eigenvalue weighted by Crippen LogP contribution is 2.41. The Morgan fingerprint density at radius 3 is 3.00 bits per heavy atom. The van der Waals surface area contributed by atoms with Crippen LogP contribution >= 0.6 is 24.2 Å². The average Bonchev–Trinajstić information content (AvgIpc) is 3.10. The van der Waals surface area contributed by atoms with Gasteiger partial charge in [0.2, 0.25) is 0 Å². The van der Waals surface area contributed by atoms with Crippen LogP contribution in [-0.2, 0) is 0 Å². The molecule has 2 aliphatic rings. The van der Waals surface area contributed by atoms with Crippen LogP contribution in [0.1, 0.15) is 24.3 Å². The van der Waals surface area contributed by atoms with Gasteiger partial charge in [-0.1, -0.05) is 18.2 Å². The number of ether oxygens (including phenoxy) is 1. The summed E-state index contributed by atoms with van der Waals surface area (Å²) in [6.07, 6.45) is 4.29. The molecule has 0 bridgehead atoms. The third-order valence-electron chi connectivity index (χ3n) is 5.19. The summed E-state index contributed by atoms with van der Waals surface area (Å²) < 4.78 is 5.49. The van der Waals surface area contributed by atoms with Crippen LogP contribution in [0, 0.1) is 0 Å². The third kappa shape index (κ3) is 4.11. The number of hydrogen-bond donors (Lipinski definition) is 1. The van der Waals surface area contributed by atoms with Crippen molar-refractivity contribution < 1.29 is 4.74 Å². The summed E-state index contributed by atoms with van der Waals surface area (Å²) in [6.45, 7) is 2.97. The van der Waals surface area contributed by atoms with Crippen molar-refractivity contribution in [2.45, 2.75) is 29.7 Å². The summed E-state index contributed by atoms with van der Waals surface area (Å²) in [4.78, 5) is 8.38. The summed E-state index contributed by atoms with van der Waals surface area (Å²) in [6, 6.07) is 13.3. The van der Waals surface area contributed by atoms with Crippen LogP contribution in [0.15, 0.2) is 47.5 Å². The number of thioether (sulfide) groups is 1. The predicted molar refractivity (Wildman–Crippen MR) is 111 cm³/mol. The third-order valence-corrected chi connectivity index (χ3v) is 6.44. The molecule has 2 atom stereocenters. The first-order valence-corrected chi connectivity index (χ1v) is 10.0. The molecule has 4 rings (SSSR count). The van der Waals surface area contributed by atoms with E-state index < -0.39 is 0 Å². The van der Waals surface area contributed by atoms with E-state index in [1.165, 1.54) is 23.5 Å². The lowest BCUT2D eigenvalue weighted by Gasteiger charge is -2.35. The Bertz CT molecular complexity index is 730. The van der Waals surface area contributed by atoms with Crippen molar-refractivity contribution in [1.29, 1.82) is 0 Å². The molecule has 1 aromatic heterocycles. The van der Waals surface area contributed by atoms with Gasteiger partial charge in [-0.15, -0.1) is 24.2 Å². The van der Waals surface area contributed by atoms with E-state index in [0.717, 1.165) is 31.2 Å². The summed E-state index contributed by atoms with van der Waals surface area (Å²) in [5, 5.41) is 3.69. The van der Waals surface area contributed by atoms with Gasteiger partial charge in [0, 0.05) is 42.5 Å². The Kier molecular flexibility index (Phi) is 6.68. The minimum Gasteiger partial charge on any atom is -0.493 e. The van der Waals surface area contributed by atoms with Crippen LogP contribution < -0.4 is 15.0 Å². The molecule has 3 heterocycles. The van der Waals surface area contributed by atoms with Gasteiger partial charge in [-0.3, -0.25) is 0 Å². The first-order chi connectivity index (χ1) is 12.3. The zero-order chi connectivity index (χ0) is 17.1. The minimum atomic E-state index is 0. The number of pyridine rings is 1. The molecule has 140 valence electrons. The molecular weight excluding hydrogens is 366 g/mol. The van der Waals surface area contributed by atoms with Crippen molar-refractivity contribution in [3.63, 3.8) is 0 Å². The first kappa shape index (κ1) is 19.3. The van der Waals surface area contributed by atoms with Gasteiger partial charge in [0.25, 0.3) is 0 Å². The number of anilines is 1. The van der Waals surface area contributed by atoms with Gasteiger partial charge in [0.1, 0.15) is 0 Å². The Morgan fingerprint density at radius 2 is 2.12 bits per heavy atom. The van der Waals surface area contributed by atoms with Crippen LogP contribution in [0.4, 0.5) is 5.82 Å². The molecule has 1 fully saturated rings. The van der Waals surface area contributed by atoms with Crippen LogP contribution in [-0.4, -0.2) is 43.5 Å². The Hall–Kier alpha value is -1.43. The molecule has 0 amide bonds. The molecular formula is C20H26ClN3OS. The second-order valence-corrected chi connectivity index (χ2v) is 7.81. The van der Waals surface area contributed by atoms with E-state index in [2.05, 4.69) is 39.5 Å².